The quantitative estimate of drug-likeness (QED) is 0.670. The van der Waals surface area contributed by atoms with E-state index in [1.54, 1.807) is 0 Å². The SMILES string of the molecule is Cc1cccc(NC(=S)N2CCC[C@@H](c3nc4ccccc4[nH]3)C2)c1. The Balaban J connectivity index is 1.47. The summed E-state index contributed by atoms with van der Waals surface area (Å²) in [4.78, 5) is 10.5. The predicted octanol–water partition coefficient (Wildman–Crippen LogP) is 4.45. The van der Waals surface area contributed by atoms with Crippen molar-refractivity contribution < 1.29 is 0 Å². The molecule has 0 aliphatic carbocycles. The Kier molecular flexibility index (Phi) is 4.40. The van der Waals surface area contributed by atoms with E-state index in [0.29, 0.717) is 5.92 Å². The summed E-state index contributed by atoms with van der Waals surface area (Å²) in [5.41, 5.74) is 4.42. The minimum absolute atomic E-state index is 0.387. The van der Waals surface area contributed by atoms with Crippen LogP contribution in [-0.2, 0) is 0 Å². The number of para-hydroxylation sites is 2. The summed E-state index contributed by atoms with van der Waals surface area (Å²) in [5, 5.41) is 4.18. The molecule has 128 valence electrons. The third-order valence-electron chi connectivity index (χ3n) is 4.77. The van der Waals surface area contributed by atoms with Gasteiger partial charge < -0.3 is 15.2 Å². The molecule has 4 nitrogen and oxygen atoms in total. The van der Waals surface area contributed by atoms with Gasteiger partial charge >= 0.3 is 0 Å². The van der Waals surface area contributed by atoms with E-state index >= 15 is 0 Å². The maximum absolute atomic E-state index is 5.65. The third kappa shape index (κ3) is 3.51. The van der Waals surface area contributed by atoms with Crippen LogP contribution >= 0.6 is 12.2 Å². The Morgan fingerprint density at radius 1 is 1.24 bits per heavy atom. The molecule has 1 aliphatic heterocycles. The van der Waals surface area contributed by atoms with E-state index in [-0.39, 0.29) is 0 Å². The monoisotopic (exact) mass is 350 g/mol. The summed E-state index contributed by atoms with van der Waals surface area (Å²) in [6.45, 7) is 3.98. The van der Waals surface area contributed by atoms with Gasteiger partial charge in [-0.05, 0) is 61.8 Å². The number of aromatic nitrogens is 2. The van der Waals surface area contributed by atoms with E-state index in [1.807, 2.05) is 18.2 Å². The van der Waals surface area contributed by atoms with Gasteiger partial charge in [-0.3, -0.25) is 0 Å². The molecule has 2 aromatic carbocycles. The first-order valence-electron chi connectivity index (χ1n) is 8.76. The first-order chi connectivity index (χ1) is 12.2. The fourth-order valence-corrected chi connectivity index (χ4v) is 3.76. The summed E-state index contributed by atoms with van der Waals surface area (Å²) < 4.78 is 0. The summed E-state index contributed by atoms with van der Waals surface area (Å²) in [6, 6.07) is 16.5. The van der Waals surface area contributed by atoms with Gasteiger partial charge in [-0.25, -0.2) is 4.98 Å². The summed E-state index contributed by atoms with van der Waals surface area (Å²) in [5.74, 6) is 1.46. The maximum atomic E-state index is 5.65. The number of piperidine rings is 1. The number of nitrogens with zero attached hydrogens (tertiary/aromatic N) is 2. The van der Waals surface area contributed by atoms with Crippen LogP contribution in [0.4, 0.5) is 5.69 Å². The molecule has 5 heteroatoms. The molecule has 1 saturated heterocycles. The van der Waals surface area contributed by atoms with Crippen LogP contribution < -0.4 is 5.32 Å². The van der Waals surface area contributed by atoms with Crippen molar-refractivity contribution in [3.63, 3.8) is 0 Å². The van der Waals surface area contributed by atoms with Crippen molar-refractivity contribution in [1.82, 2.24) is 14.9 Å². The van der Waals surface area contributed by atoms with Gasteiger partial charge in [0.25, 0.3) is 0 Å². The Hall–Kier alpha value is -2.40. The highest BCUT2D eigenvalue weighted by Crippen LogP contribution is 2.27. The average molecular weight is 350 g/mol. The van der Waals surface area contributed by atoms with Crippen LogP contribution in [0.15, 0.2) is 48.5 Å². The molecule has 1 fully saturated rings. The minimum Gasteiger partial charge on any atom is -0.348 e. The number of nitrogens with one attached hydrogen (secondary N) is 2. The molecule has 0 unspecified atom stereocenters. The number of fused-ring (bicyclic) bond motifs is 1. The molecule has 2 heterocycles. The lowest BCUT2D eigenvalue weighted by Gasteiger charge is -2.33. The number of benzene rings is 2. The van der Waals surface area contributed by atoms with Crippen molar-refractivity contribution in [2.75, 3.05) is 18.4 Å². The number of rotatable bonds is 2. The van der Waals surface area contributed by atoms with E-state index in [9.17, 15) is 0 Å². The first kappa shape index (κ1) is 16.1. The number of H-pyrrole nitrogens is 1. The van der Waals surface area contributed by atoms with Gasteiger partial charge in [-0.15, -0.1) is 0 Å². The molecule has 2 N–H and O–H groups in total. The van der Waals surface area contributed by atoms with E-state index in [4.69, 9.17) is 17.2 Å². The second-order valence-electron chi connectivity index (χ2n) is 6.72. The van der Waals surface area contributed by atoms with E-state index < -0.39 is 0 Å². The molecule has 4 rings (SSSR count). The molecule has 0 spiro atoms. The molecule has 0 radical (unpaired) electrons. The number of anilines is 1. The fourth-order valence-electron chi connectivity index (χ4n) is 3.48. The van der Waals surface area contributed by atoms with E-state index in [0.717, 1.165) is 53.6 Å². The largest absolute Gasteiger partial charge is 0.348 e. The highest BCUT2D eigenvalue weighted by Gasteiger charge is 2.25. The van der Waals surface area contributed by atoms with Crippen molar-refractivity contribution >= 4 is 34.1 Å². The minimum atomic E-state index is 0.387. The lowest BCUT2D eigenvalue weighted by Crippen LogP contribution is -2.41. The van der Waals surface area contributed by atoms with Gasteiger partial charge in [-0.1, -0.05) is 24.3 Å². The predicted molar refractivity (Wildman–Crippen MR) is 107 cm³/mol. The van der Waals surface area contributed by atoms with Crippen LogP contribution in [0.2, 0.25) is 0 Å². The lowest BCUT2D eigenvalue weighted by atomic mass is 9.98. The van der Waals surface area contributed by atoms with E-state index in [1.165, 1.54) is 5.56 Å². The molecular formula is C20H22N4S. The Labute approximate surface area is 153 Å². The zero-order chi connectivity index (χ0) is 17.2. The standard InChI is InChI=1S/C20H22N4S/c1-14-6-4-8-16(12-14)21-20(25)24-11-5-7-15(13-24)19-22-17-9-2-3-10-18(17)23-19/h2-4,6,8-10,12,15H,5,7,11,13H2,1H3,(H,21,25)(H,22,23)/t15-/m1/s1. The molecule has 0 bridgehead atoms. The van der Waals surface area contributed by atoms with Crippen LogP contribution in [0.1, 0.15) is 30.1 Å². The zero-order valence-electron chi connectivity index (χ0n) is 14.3. The Bertz CT molecular complexity index is 868. The molecule has 1 aromatic heterocycles. The third-order valence-corrected chi connectivity index (χ3v) is 5.13. The van der Waals surface area contributed by atoms with Crippen molar-refractivity contribution in [3.8, 4) is 0 Å². The Morgan fingerprint density at radius 3 is 2.96 bits per heavy atom. The Morgan fingerprint density at radius 2 is 2.12 bits per heavy atom. The van der Waals surface area contributed by atoms with Crippen LogP contribution in [0.3, 0.4) is 0 Å². The number of imidazole rings is 1. The molecule has 25 heavy (non-hydrogen) atoms. The van der Waals surface area contributed by atoms with Gasteiger partial charge in [0.15, 0.2) is 5.11 Å². The number of aryl methyl sites for hydroxylation is 1. The lowest BCUT2D eigenvalue weighted by molar-refractivity contribution is 0.307. The molecule has 1 aliphatic rings. The zero-order valence-corrected chi connectivity index (χ0v) is 15.1. The van der Waals surface area contributed by atoms with Gasteiger partial charge in [-0.2, -0.15) is 0 Å². The molecule has 0 amide bonds. The number of likely N-dealkylation sites (tertiary alicyclic amines) is 1. The highest BCUT2D eigenvalue weighted by atomic mass is 32.1. The van der Waals surface area contributed by atoms with Gasteiger partial charge in [0.1, 0.15) is 5.82 Å². The topological polar surface area (TPSA) is 44.0 Å². The van der Waals surface area contributed by atoms with E-state index in [2.05, 4.69) is 52.5 Å². The first-order valence-corrected chi connectivity index (χ1v) is 9.17. The normalized spacial score (nSPS) is 17.6. The van der Waals surface area contributed by atoms with Crippen molar-refractivity contribution in [3.05, 3.63) is 59.9 Å². The molecule has 3 aromatic rings. The van der Waals surface area contributed by atoms with Gasteiger partial charge in [0.2, 0.25) is 0 Å². The number of hydrogen-bond donors (Lipinski definition) is 2. The second-order valence-corrected chi connectivity index (χ2v) is 7.11. The summed E-state index contributed by atoms with van der Waals surface area (Å²) in [7, 11) is 0. The number of hydrogen-bond acceptors (Lipinski definition) is 2. The summed E-state index contributed by atoms with van der Waals surface area (Å²) in [6.07, 6.45) is 2.26. The molecular weight excluding hydrogens is 328 g/mol. The maximum Gasteiger partial charge on any atom is 0.173 e. The number of thiocarbonyl (C=S) groups is 1. The van der Waals surface area contributed by atoms with Crippen LogP contribution in [0.5, 0.6) is 0 Å². The fraction of sp³-hybridized carbons (Fsp3) is 0.300. The summed E-state index contributed by atoms with van der Waals surface area (Å²) >= 11 is 5.65. The van der Waals surface area contributed by atoms with Crippen molar-refractivity contribution in [2.24, 2.45) is 0 Å². The van der Waals surface area contributed by atoms with Crippen LogP contribution in [0, 0.1) is 6.92 Å². The highest BCUT2D eigenvalue weighted by molar-refractivity contribution is 7.80. The molecule has 0 saturated carbocycles. The van der Waals surface area contributed by atoms with Gasteiger partial charge in [0, 0.05) is 24.7 Å². The van der Waals surface area contributed by atoms with Crippen molar-refractivity contribution in [2.45, 2.75) is 25.7 Å². The van der Waals surface area contributed by atoms with Crippen LogP contribution in [-0.4, -0.2) is 33.1 Å². The average Bonchev–Trinajstić information content (AvgIpc) is 3.06. The van der Waals surface area contributed by atoms with Crippen molar-refractivity contribution in [1.29, 1.82) is 0 Å². The van der Waals surface area contributed by atoms with Gasteiger partial charge in [0.05, 0.1) is 11.0 Å². The van der Waals surface area contributed by atoms with Crippen LogP contribution in [0.25, 0.3) is 11.0 Å². The number of aromatic amines is 1. The molecule has 1 atom stereocenters. The second kappa shape index (κ2) is 6.84. The smallest absolute Gasteiger partial charge is 0.173 e.